The maximum Gasteiger partial charge on any atom is 0.191 e. The number of thioether (sulfide) groups is 1. The van der Waals surface area contributed by atoms with E-state index in [1.165, 1.54) is 35.4 Å². The first-order valence-electron chi connectivity index (χ1n) is 7.93. The molecule has 1 unspecified atom stereocenters. The third-order valence-electron chi connectivity index (χ3n) is 3.91. The van der Waals surface area contributed by atoms with Crippen molar-refractivity contribution >= 4 is 23.4 Å². The predicted molar refractivity (Wildman–Crippen MR) is 99.2 cm³/mol. The van der Waals surface area contributed by atoms with Crippen LogP contribution in [-0.4, -0.2) is 44.7 Å². The molecule has 22 heavy (non-hydrogen) atoms. The molecule has 0 bridgehead atoms. The second kappa shape index (κ2) is 8.32. The number of hydrogen-bond donors (Lipinski definition) is 2. The zero-order valence-electron chi connectivity index (χ0n) is 14.1. The van der Waals surface area contributed by atoms with Crippen LogP contribution in [-0.2, 0) is 6.54 Å². The Morgan fingerprint density at radius 3 is 2.82 bits per heavy atom. The largest absolute Gasteiger partial charge is 0.377 e. The second-order valence-corrected chi connectivity index (χ2v) is 7.38. The van der Waals surface area contributed by atoms with Crippen molar-refractivity contribution < 1.29 is 0 Å². The Labute approximate surface area is 138 Å². The van der Waals surface area contributed by atoms with E-state index < -0.39 is 0 Å². The van der Waals surface area contributed by atoms with E-state index >= 15 is 0 Å². The third-order valence-corrected chi connectivity index (χ3v) is 5.31. The van der Waals surface area contributed by atoms with Crippen LogP contribution in [0, 0.1) is 6.92 Å². The third kappa shape index (κ3) is 4.83. The SMILES string of the molecule is CN=C(NCc1ccc(C)cc1N(C)C)NCC1CCCS1. The Bertz CT molecular complexity index is 507. The second-order valence-electron chi connectivity index (χ2n) is 5.97. The van der Waals surface area contributed by atoms with Gasteiger partial charge in [-0.3, -0.25) is 4.99 Å². The fourth-order valence-electron chi connectivity index (χ4n) is 2.66. The molecule has 4 nitrogen and oxygen atoms in total. The van der Waals surface area contributed by atoms with E-state index in [2.05, 4.69) is 71.5 Å². The Hall–Kier alpha value is -1.36. The minimum absolute atomic E-state index is 0.732. The Morgan fingerprint density at radius 2 is 2.18 bits per heavy atom. The Morgan fingerprint density at radius 1 is 1.36 bits per heavy atom. The molecule has 2 N–H and O–H groups in total. The predicted octanol–water partition coefficient (Wildman–Crippen LogP) is 2.62. The molecule has 1 atom stereocenters. The summed E-state index contributed by atoms with van der Waals surface area (Å²) in [6, 6.07) is 6.58. The van der Waals surface area contributed by atoms with Crippen LogP contribution >= 0.6 is 11.8 Å². The average Bonchev–Trinajstić information content (AvgIpc) is 3.01. The van der Waals surface area contributed by atoms with Gasteiger partial charge in [-0.2, -0.15) is 11.8 Å². The fraction of sp³-hybridized carbons (Fsp3) is 0.588. The molecule has 1 saturated heterocycles. The van der Waals surface area contributed by atoms with Gasteiger partial charge in [0.1, 0.15) is 0 Å². The molecule has 1 aliphatic rings. The van der Waals surface area contributed by atoms with Crippen LogP contribution in [0.15, 0.2) is 23.2 Å². The van der Waals surface area contributed by atoms with Crippen molar-refractivity contribution in [1.29, 1.82) is 0 Å². The van der Waals surface area contributed by atoms with Crippen LogP contribution in [0.1, 0.15) is 24.0 Å². The Kier molecular flexibility index (Phi) is 6.43. The van der Waals surface area contributed by atoms with E-state index in [1.54, 1.807) is 0 Å². The molecule has 0 aromatic heterocycles. The summed E-state index contributed by atoms with van der Waals surface area (Å²) in [6.07, 6.45) is 2.66. The van der Waals surface area contributed by atoms with Crippen LogP contribution in [0.25, 0.3) is 0 Å². The smallest absolute Gasteiger partial charge is 0.191 e. The number of nitrogens with zero attached hydrogens (tertiary/aromatic N) is 2. The van der Waals surface area contributed by atoms with E-state index in [0.29, 0.717) is 0 Å². The van der Waals surface area contributed by atoms with E-state index in [0.717, 1.165) is 24.3 Å². The highest BCUT2D eigenvalue weighted by Crippen LogP contribution is 2.25. The number of aryl methyl sites for hydroxylation is 1. The first-order chi connectivity index (χ1) is 10.6. The molecule has 1 fully saturated rings. The van der Waals surface area contributed by atoms with Crippen molar-refractivity contribution in [2.45, 2.75) is 31.6 Å². The maximum atomic E-state index is 4.33. The molecule has 0 radical (unpaired) electrons. The normalized spacial score (nSPS) is 18.4. The van der Waals surface area contributed by atoms with Gasteiger partial charge in [-0.1, -0.05) is 12.1 Å². The highest BCUT2D eigenvalue weighted by Gasteiger charge is 2.15. The molecule has 0 spiro atoms. The van der Waals surface area contributed by atoms with Gasteiger partial charge in [-0.25, -0.2) is 0 Å². The number of nitrogens with one attached hydrogen (secondary N) is 2. The summed E-state index contributed by atoms with van der Waals surface area (Å²) in [7, 11) is 6.00. The summed E-state index contributed by atoms with van der Waals surface area (Å²) in [4.78, 5) is 6.49. The van der Waals surface area contributed by atoms with Crippen LogP contribution in [0.4, 0.5) is 5.69 Å². The number of aliphatic imine (C=N–C) groups is 1. The molecular weight excluding hydrogens is 292 g/mol. The monoisotopic (exact) mass is 320 g/mol. The molecule has 1 aromatic carbocycles. The molecule has 1 aliphatic heterocycles. The summed E-state index contributed by atoms with van der Waals surface area (Å²) < 4.78 is 0. The summed E-state index contributed by atoms with van der Waals surface area (Å²) in [5.41, 5.74) is 3.83. The molecule has 0 saturated carbocycles. The van der Waals surface area contributed by atoms with Crippen molar-refractivity contribution in [2.24, 2.45) is 4.99 Å². The van der Waals surface area contributed by atoms with Gasteiger partial charge in [0.05, 0.1) is 0 Å². The van der Waals surface area contributed by atoms with Gasteiger partial charge in [-0.05, 0) is 42.7 Å². The molecular formula is C17H28N4S. The lowest BCUT2D eigenvalue weighted by molar-refractivity contribution is 0.726. The molecule has 5 heteroatoms. The van der Waals surface area contributed by atoms with E-state index in [4.69, 9.17) is 0 Å². The topological polar surface area (TPSA) is 39.7 Å². The van der Waals surface area contributed by atoms with Crippen LogP contribution < -0.4 is 15.5 Å². The minimum atomic E-state index is 0.732. The highest BCUT2D eigenvalue weighted by molar-refractivity contribution is 8.00. The van der Waals surface area contributed by atoms with Crippen molar-refractivity contribution in [1.82, 2.24) is 10.6 Å². The maximum absolute atomic E-state index is 4.33. The first kappa shape index (κ1) is 17.0. The summed E-state index contributed by atoms with van der Waals surface area (Å²) in [6.45, 7) is 3.91. The van der Waals surface area contributed by atoms with Gasteiger partial charge >= 0.3 is 0 Å². The number of hydrogen-bond acceptors (Lipinski definition) is 3. The minimum Gasteiger partial charge on any atom is -0.377 e. The van der Waals surface area contributed by atoms with Crippen molar-refractivity contribution in [2.75, 3.05) is 38.3 Å². The standard InChI is InChI=1S/C17H28N4S/c1-13-7-8-14(16(10-13)21(3)4)11-19-17(18-2)20-12-15-6-5-9-22-15/h7-8,10,15H,5-6,9,11-12H2,1-4H3,(H2,18,19,20). The molecule has 122 valence electrons. The molecule has 0 amide bonds. The number of guanidine groups is 1. The summed E-state index contributed by atoms with van der Waals surface area (Å²) >= 11 is 2.07. The number of rotatable bonds is 5. The fourth-order valence-corrected chi connectivity index (χ4v) is 3.86. The molecule has 1 aromatic rings. The van der Waals surface area contributed by atoms with E-state index in [9.17, 15) is 0 Å². The van der Waals surface area contributed by atoms with Gasteiger partial charge < -0.3 is 15.5 Å². The van der Waals surface area contributed by atoms with Gasteiger partial charge in [0, 0.05) is 45.2 Å². The molecule has 2 rings (SSSR count). The Balaban J connectivity index is 1.90. The first-order valence-corrected chi connectivity index (χ1v) is 8.98. The lowest BCUT2D eigenvalue weighted by Gasteiger charge is -2.20. The highest BCUT2D eigenvalue weighted by atomic mass is 32.2. The zero-order chi connectivity index (χ0) is 15.9. The lowest BCUT2D eigenvalue weighted by atomic mass is 10.1. The molecule has 1 heterocycles. The van der Waals surface area contributed by atoms with Gasteiger partial charge in [-0.15, -0.1) is 0 Å². The van der Waals surface area contributed by atoms with Crippen molar-refractivity contribution in [3.63, 3.8) is 0 Å². The molecule has 0 aliphatic carbocycles. The van der Waals surface area contributed by atoms with E-state index in [1.807, 2.05) is 7.05 Å². The van der Waals surface area contributed by atoms with E-state index in [-0.39, 0.29) is 0 Å². The summed E-state index contributed by atoms with van der Waals surface area (Å²) in [5, 5.41) is 7.61. The van der Waals surface area contributed by atoms with Crippen molar-refractivity contribution in [3.8, 4) is 0 Å². The quantitative estimate of drug-likeness (QED) is 0.646. The van der Waals surface area contributed by atoms with Crippen LogP contribution in [0.3, 0.4) is 0 Å². The van der Waals surface area contributed by atoms with Gasteiger partial charge in [0.15, 0.2) is 5.96 Å². The van der Waals surface area contributed by atoms with Crippen LogP contribution in [0.5, 0.6) is 0 Å². The zero-order valence-corrected chi connectivity index (χ0v) is 15.0. The lowest BCUT2D eigenvalue weighted by Crippen LogP contribution is -2.39. The van der Waals surface area contributed by atoms with Gasteiger partial charge in [0.25, 0.3) is 0 Å². The van der Waals surface area contributed by atoms with Crippen molar-refractivity contribution in [3.05, 3.63) is 29.3 Å². The summed E-state index contributed by atoms with van der Waals surface area (Å²) in [5.74, 6) is 2.19. The van der Waals surface area contributed by atoms with Gasteiger partial charge in [0.2, 0.25) is 0 Å². The van der Waals surface area contributed by atoms with Crippen LogP contribution in [0.2, 0.25) is 0 Å². The average molecular weight is 321 g/mol. The number of anilines is 1. The number of benzene rings is 1.